The second-order valence-electron chi connectivity index (χ2n) is 5.31. The van der Waals surface area contributed by atoms with Gasteiger partial charge in [-0.25, -0.2) is 0 Å². The average Bonchev–Trinajstić information content (AvgIpc) is 2.91. The molecule has 2 heterocycles. The predicted octanol–water partition coefficient (Wildman–Crippen LogP) is 2.78. The van der Waals surface area contributed by atoms with Crippen molar-refractivity contribution >= 4 is 27.4 Å². The molecule has 21 heavy (non-hydrogen) atoms. The summed E-state index contributed by atoms with van der Waals surface area (Å²) >= 11 is 1.27. The maximum Gasteiger partial charge on any atom is 0.229 e. The van der Waals surface area contributed by atoms with Crippen molar-refractivity contribution < 1.29 is 8.76 Å². The summed E-state index contributed by atoms with van der Waals surface area (Å²) in [5.74, 6) is 0. The summed E-state index contributed by atoms with van der Waals surface area (Å²) in [5.41, 5.74) is 2.37. The minimum Gasteiger partial charge on any atom is -0.592 e. The molecule has 0 saturated carbocycles. The average molecular weight is 322 g/mol. The minimum absolute atomic E-state index is 0.237. The molecule has 2 aromatic rings. The first kappa shape index (κ1) is 14.7. The number of para-hydroxylation sites is 1. The molecule has 1 unspecified atom stereocenters. The molecular formula is C15H18N2O2S2. The largest absolute Gasteiger partial charge is 0.592 e. The van der Waals surface area contributed by atoms with Crippen molar-refractivity contribution in [3.63, 3.8) is 0 Å². The van der Waals surface area contributed by atoms with Gasteiger partial charge in [0.2, 0.25) is 4.21 Å². The Morgan fingerprint density at radius 3 is 2.62 bits per heavy atom. The summed E-state index contributed by atoms with van der Waals surface area (Å²) in [6, 6.07) is 11.8. The van der Waals surface area contributed by atoms with E-state index >= 15 is 0 Å². The monoisotopic (exact) mass is 322 g/mol. The third kappa shape index (κ3) is 2.64. The summed E-state index contributed by atoms with van der Waals surface area (Å²) in [6.45, 7) is 3.17. The van der Waals surface area contributed by atoms with Crippen molar-refractivity contribution in [1.82, 2.24) is 4.31 Å². The molecule has 0 spiro atoms. The third-order valence-electron chi connectivity index (χ3n) is 3.96. The lowest BCUT2D eigenvalue weighted by Gasteiger charge is -2.44. The number of rotatable bonds is 4. The number of aryl methyl sites for hydroxylation is 1. The van der Waals surface area contributed by atoms with Gasteiger partial charge in [-0.05, 0) is 30.0 Å². The number of nitrogens with zero attached hydrogens (tertiary/aromatic N) is 2. The van der Waals surface area contributed by atoms with Gasteiger partial charge in [0.25, 0.3) is 0 Å². The molecule has 0 N–H and O–H groups in total. The van der Waals surface area contributed by atoms with Crippen LogP contribution in [0.25, 0.3) is 0 Å². The first-order valence-corrected chi connectivity index (χ1v) is 9.14. The second kappa shape index (κ2) is 5.53. The lowest BCUT2D eigenvalue weighted by Crippen LogP contribution is -2.61. The van der Waals surface area contributed by atoms with Crippen molar-refractivity contribution in [3.05, 3.63) is 47.3 Å². The Hall–Kier alpha value is -1.21. The molecule has 1 aromatic heterocycles. The van der Waals surface area contributed by atoms with Gasteiger partial charge in [-0.1, -0.05) is 33.7 Å². The molecule has 4 nitrogen and oxygen atoms in total. The van der Waals surface area contributed by atoms with E-state index in [2.05, 4.69) is 24.0 Å². The highest BCUT2D eigenvalue weighted by Gasteiger charge is 2.43. The fraction of sp³-hybridized carbons (Fsp3) is 0.333. The van der Waals surface area contributed by atoms with E-state index in [1.807, 2.05) is 19.2 Å². The third-order valence-corrected chi connectivity index (χ3v) is 7.17. The summed E-state index contributed by atoms with van der Waals surface area (Å²) in [7, 11) is -1.26. The zero-order valence-electron chi connectivity index (χ0n) is 12.1. The van der Waals surface area contributed by atoms with Crippen molar-refractivity contribution in [2.45, 2.75) is 17.2 Å². The van der Waals surface area contributed by atoms with E-state index in [1.165, 1.54) is 16.9 Å². The number of hydrogen-bond acceptors (Lipinski definition) is 4. The van der Waals surface area contributed by atoms with Gasteiger partial charge in [-0.2, -0.15) is 0 Å². The molecular weight excluding hydrogens is 304 g/mol. The number of anilines is 1. The van der Waals surface area contributed by atoms with Crippen LogP contribution in [0.3, 0.4) is 0 Å². The van der Waals surface area contributed by atoms with Crippen LogP contribution >= 0.6 is 11.3 Å². The number of hydrogen-bond donors (Lipinski definition) is 0. The van der Waals surface area contributed by atoms with Gasteiger partial charge in [0.15, 0.2) is 10.4 Å². The van der Waals surface area contributed by atoms with Gasteiger partial charge in [0.05, 0.1) is 19.1 Å². The fourth-order valence-corrected chi connectivity index (χ4v) is 5.21. The van der Waals surface area contributed by atoms with Crippen LogP contribution in [0.4, 0.5) is 5.69 Å². The highest BCUT2D eigenvalue weighted by Crippen LogP contribution is 2.32. The van der Waals surface area contributed by atoms with E-state index in [0.29, 0.717) is 17.3 Å². The van der Waals surface area contributed by atoms with Crippen LogP contribution in [0.2, 0.25) is 0 Å². The first-order valence-electron chi connectivity index (χ1n) is 6.82. The molecule has 3 rings (SSSR count). The maximum atomic E-state index is 12.4. The Bertz CT molecular complexity index is 666. The maximum absolute atomic E-state index is 12.4. The molecule has 1 fully saturated rings. The van der Waals surface area contributed by atoms with Crippen LogP contribution in [0.1, 0.15) is 5.56 Å². The Morgan fingerprint density at radius 1 is 1.29 bits per heavy atom. The summed E-state index contributed by atoms with van der Waals surface area (Å²) in [5, 5.41) is 1.80. The van der Waals surface area contributed by atoms with Crippen molar-refractivity contribution in [2.75, 3.05) is 25.0 Å². The number of sulfonamides is 1. The molecule has 1 aromatic carbocycles. The van der Waals surface area contributed by atoms with E-state index in [0.717, 1.165) is 5.69 Å². The van der Waals surface area contributed by atoms with E-state index < -0.39 is 10.4 Å². The molecule has 112 valence electrons. The molecule has 6 heteroatoms. The van der Waals surface area contributed by atoms with Gasteiger partial charge < -0.3 is 9.45 Å². The quantitative estimate of drug-likeness (QED) is 0.813. The highest BCUT2D eigenvalue weighted by atomic mass is 32.3. The Morgan fingerprint density at radius 2 is 2.00 bits per heavy atom. The van der Waals surface area contributed by atoms with Gasteiger partial charge in [0.1, 0.15) is 0 Å². The van der Waals surface area contributed by atoms with E-state index in [-0.39, 0.29) is 6.04 Å². The van der Waals surface area contributed by atoms with Crippen molar-refractivity contribution in [3.8, 4) is 0 Å². The Balaban J connectivity index is 1.69. The molecule has 1 saturated heterocycles. The molecule has 0 bridgehead atoms. The second-order valence-corrected chi connectivity index (χ2v) is 8.42. The smallest absolute Gasteiger partial charge is 0.229 e. The summed E-state index contributed by atoms with van der Waals surface area (Å²) in [6.07, 6.45) is 0. The van der Waals surface area contributed by atoms with Crippen LogP contribution in [0.5, 0.6) is 0 Å². The highest BCUT2D eigenvalue weighted by molar-refractivity contribution is 7.97. The van der Waals surface area contributed by atoms with E-state index in [4.69, 9.17) is 0 Å². The molecule has 0 radical (unpaired) electrons. The molecule has 0 aliphatic carbocycles. The number of benzene rings is 1. The van der Waals surface area contributed by atoms with Crippen LogP contribution in [0, 0.1) is 6.92 Å². The molecule has 1 aliphatic heterocycles. The van der Waals surface area contributed by atoms with Gasteiger partial charge in [0, 0.05) is 18.8 Å². The number of likely N-dealkylation sites (N-methyl/N-ethyl adjacent to an activating group) is 1. The van der Waals surface area contributed by atoms with Crippen molar-refractivity contribution in [2.24, 2.45) is 0 Å². The number of thiophene rings is 1. The first-order chi connectivity index (χ1) is 10.00. The van der Waals surface area contributed by atoms with E-state index in [9.17, 15) is 8.76 Å². The summed E-state index contributed by atoms with van der Waals surface area (Å²) < 4.78 is 26.7. The minimum atomic E-state index is -3.29. The Labute approximate surface area is 130 Å². The molecule has 0 amide bonds. The van der Waals surface area contributed by atoms with Crippen LogP contribution in [-0.2, 0) is 14.6 Å². The van der Waals surface area contributed by atoms with Crippen molar-refractivity contribution in [1.29, 1.82) is 0 Å². The van der Waals surface area contributed by atoms with Gasteiger partial charge >= 0.3 is 0 Å². The lowest BCUT2D eigenvalue weighted by atomic mass is 10.1. The van der Waals surface area contributed by atoms with Crippen LogP contribution in [0.15, 0.2) is 46.0 Å². The van der Waals surface area contributed by atoms with E-state index in [1.54, 1.807) is 21.8 Å². The normalized spacial score (nSPS) is 19.0. The topological polar surface area (TPSA) is 46.6 Å². The fourth-order valence-electron chi connectivity index (χ4n) is 2.55. The molecule has 1 aliphatic rings. The predicted molar refractivity (Wildman–Crippen MR) is 86.4 cm³/mol. The van der Waals surface area contributed by atoms with Gasteiger partial charge in [-0.15, -0.1) is 4.31 Å². The zero-order chi connectivity index (χ0) is 15.0. The van der Waals surface area contributed by atoms with Crippen LogP contribution in [-0.4, -0.2) is 35.0 Å². The summed E-state index contributed by atoms with van der Waals surface area (Å²) in [4.78, 5) is 2.18. The zero-order valence-corrected chi connectivity index (χ0v) is 13.7. The molecule has 1 atom stereocenters. The van der Waals surface area contributed by atoms with Gasteiger partial charge in [-0.3, -0.25) is 0 Å². The Kier molecular flexibility index (Phi) is 3.88. The van der Waals surface area contributed by atoms with Crippen LogP contribution < -0.4 is 4.90 Å². The SMILES string of the molecule is Cc1ccccc1N(C)C1CN([S+](=O)([O-])c2cccs2)C1. The standard InChI is InChI=1S/C15H18N2O2S2/c1-12-6-3-4-7-14(12)16(2)13-10-17(11-13)21(18,19)15-8-5-9-20-15/h3-9,13H,10-11H2,1-2H3. The lowest BCUT2D eigenvalue weighted by molar-refractivity contribution is 0.237.